The molecule has 1 aliphatic rings. The van der Waals surface area contributed by atoms with Crippen molar-refractivity contribution in [2.24, 2.45) is 0 Å². The summed E-state index contributed by atoms with van der Waals surface area (Å²) >= 11 is 0. The maximum atomic E-state index is 13.2. The SMILES string of the molecule is COc1ccc(C2(C)NC(=O)N(CC(=O)c3cc(C)n(-c4ccccc4)c3C)C2=O)cc1. The maximum Gasteiger partial charge on any atom is 0.325 e. The van der Waals surface area contributed by atoms with Crippen LogP contribution in [0.1, 0.15) is 34.2 Å². The number of amides is 3. The summed E-state index contributed by atoms with van der Waals surface area (Å²) in [6, 6.07) is 17.9. The second-order valence-corrected chi connectivity index (χ2v) is 8.05. The van der Waals surface area contributed by atoms with Crippen LogP contribution in [0.3, 0.4) is 0 Å². The van der Waals surface area contributed by atoms with Crippen molar-refractivity contribution in [2.45, 2.75) is 26.3 Å². The van der Waals surface area contributed by atoms with Gasteiger partial charge in [-0.15, -0.1) is 0 Å². The van der Waals surface area contributed by atoms with Gasteiger partial charge in [-0.2, -0.15) is 0 Å². The molecule has 2 heterocycles. The van der Waals surface area contributed by atoms with Crippen molar-refractivity contribution >= 4 is 17.7 Å². The third kappa shape index (κ3) is 3.45. The summed E-state index contributed by atoms with van der Waals surface area (Å²) in [4.78, 5) is 40.0. The van der Waals surface area contributed by atoms with E-state index in [1.807, 2.05) is 48.7 Å². The van der Waals surface area contributed by atoms with Crippen molar-refractivity contribution in [3.8, 4) is 11.4 Å². The van der Waals surface area contributed by atoms with Crippen LogP contribution in [0, 0.1) is 13.8 Å². The summed E-state index contributed by atoms with van der Waals surface area (Å²) in [5.41, 5.74) is 2.48. The molecule has 2 aromatic carbocycles. The number of methoxy groups -OCH3 is 1. The predicted molar refractivity (Wildman–Crippen MR) is 120 cm³/mol. The molecule has 4 rings (SSSR count). The number of rotatable bonds is 6. The highest BCUT2D eigenvalue weighted by atomic mass is 16.5. The molecule has 0 bridgehead atoms. The van der Waals surface area contributed by atoms with Crippen molar-refractivity contribution in [1.29, 1.82) is 0 Å². The minimum absolute atomic E-state index is 0.289. The molecular formula is C25H25N3O4. The topological polar surface area (TPSA) is 80.6 Å². The van der Waals surface area contributed by atoms with Gasteiger partial charge in [-0.25, -0.2) is 4.79 Å². The molecule has 1 aliphatic heterocycles. The molecule has 3 aromatic rings. The fourth-order valence-corrected chi connectivity index (χ4v) is 4.21. The average Bonchev–Trinajstić information content (AvgIpc) is 3.21. The zero-order valence-electron chi connectivity index (χ0n) is 18.5. The number of ketones is 1. The number of nitrogens with one attached hydrogen (secondary N) is 1. The first kappa shape index (κ1) is 21.4. The van der Waals surface area contributed by atoms with Gasteiger partial charge in [0.2, 0.25) is 0 Å². The number of hydrogen-bond donors (Lipinski definition) is 1. The predicted octanol–water partition coefficient (Wildman–Crippen LogP) is 3.75. The van der Waals surface area contributed by atoms with E-state index in [4.69, 9.17) is 4.74 Å². The Hall–Kier alpha value is -3.87. The number of nitrogens with zero attached hydrogens (tertiary/aromatic N) is 2. The molecule has 1 N–H and O–H groups in total. The number of ether oxygens (including phenoxy) is 1. The van der Waals surface area contributed by atoms with E-state index < -0.39 is 17.5 Å². The Morgan fingerprint density at radius 3 is 2.31 bits per heavy atom. The quantitative estimate of drug-likeness (QED) is 0.476. The summed E-state index contributed by atoms with van der Waals surface area (Å²) < 4.78 is 7.15. The lowest BCUT2D eigenvalue weighted by Crippen LogP contribution is -2.41. The van der Waals surface area contributed by atoms with Crippen LogP contribution < -0.4 is 10.1 Å². The fraction of sp³-hybridized carbons (Fsp3) is 0.240. The van der Waals surface area contributed by atoms with E-state index in [1.54, 1.807) is 44.4 Å². The molecule has 0 aliphatic carbocycles. The Morgan fingerprint density at radius 2 is 1.69 bits per heavy atom. The van der Waals surface area contributed by atoms with E-state index in [9.17, 15) is 14.4 Å². The summed E-state index contributed by atoms with van der Waals surface area (Å²) in [6.07, 6.45) is 0. The van der Waals surface area contributed by atoms with Crippen molar-refractivity contribution in [2.75, 3.05) is 13.7 Å². The number of carbonyl (C=O) groups excluding carboxylic acids is 3. The molecule has 3 amide bonds. The summed E-state index contributed by atoms with van der Waals surface area (Å²) in [6.45, 7) is 5.10. The second-order valence-electron chi connectivity index (χ2n) is 8.05. The largest absolute Gasteiger partial charge is 0.497 e. The number of Topliss-reactive ketones (excluding diaryl/α,β-unsaturated/α-hetero) is 1. The fourth-order valence-electron chi connectivity index (χ4n) is 4.21. The van der Waals surface area contributed by atoms with Crippen LogP contribution in [0.5, 0.6) is 5.75 Å². The molecule has 32 heavy (non-hydrogen) atoms. The van der Waals surface area contributed by atoms with Crippen LogP contribution in [0.2, 0.25) is 0 Å². The van der Waals surface area contributed by atoms with Gasteiger partial charge < -0.3 is 14.6 Å². The van der Waals surface area contributed by atoms with Crippen LogP contribution >= 0.6 is 0 Å². The first-order valence-corrected chi connectivity index (χ1v) is 10.3. The standard InChI is InChI=1S/C25H25N3O4/c1-16-14-21(17(2)28(16)19-8-6-5-7-9-19)22(29)15-27-23(30)25(3,26-24(27)31)18-10-12-20(32-4)13-11-18/h5-14H,15H2,1-4H3,(H,26,31). The van der Waals surface area contributed by atoms with Crippen LogP contribution in [0.4, 0.5) is 4.79 Å². The lowest BCUT2D eigenvalue weighted by Gasteiger charge is -2.22. The van der Waals surface area contributed by atoms with Crippen LogP contribution in [-0.2, 0) is 10.3 Å². The Kier molecular flexibility index (Phi) is 5.34. The summed E-state index contributed by atoms with van der Waals surface area (Å²) in [5.74, 6) is -0.101. The average molecular weight is 431 g/mol. The van der Waals surface area contributed by atoms with Crippen molar-refractivity contribution in [1.82, 2.24) is 14.8 Å². The van der Waals surface area contributed by atoms with Gasteiger partial charge in [-0.3, -0.25) is 14.5 Å². The molecule has 0 saturated carbocycles. The second kappa shape index (κ2) is 8.00. The van der Waals surface area contributed by atoms with Gasteiger partial charge in [0.15, 0.2) is 5.78 Å². The van der Waals surface area contributed by atoms with E-state index in [0.29, 0.717) is 16.9 Å². The summed E-state index contributed by atoms with van der Waals surface area (Å²) in [5, 5.41) is 2.74. The number of para-hydroxylation sites is 1. The van der Waals surface area contributed by atoms with E-state index in [2.05, 4.69) is 5.32 Å². The number of hydrogen-bond acceptors (Lipinski definition) is 4. The zero-order valence-corrected chi connectivity index (χ0v) is 18.5. The first-order valence-electron chi connectivity index (χ1n) is 10.3. The lowest BCUT2D eigenvalue weighted by atomic mass is 9.92. The van der Waals surface area contributed by atoms with Crippen LogP contribution in [0.25, 0.3) is 5.69 Å². The monoisotopic (exact) mass is 431 g/mol. The third-order valence-corrected chi connectivity index (χ3v) is 5.99. The molecule has 1 aromatic heterocycles. The van der Waals surface area contributed by atoms with Gasteiger partial charge in [0.1, 0.15) is 11.3 Å². The van der Waals surface area contributed by atoms with E-state index in [1.165, 1.54) is 0 Å². The number of imide groups is 1. The number of aromatic nitrogens is 1. The van der Waals surface area contributed by atoms with Gasteiger partial charge in [-0.05, 0) is 56.7 Å². The molecule has 164 valence electrons. The van der Waals surface area contributed by atoms with E-state index in [-0.39, 0.29) is 12.3 Å². The van der Waals surface area contributed by atoms with Crippen LogP contribution in [-0.4, -0.2) is 40.8 Å². The third-order valence-electron chi connectivity index (χ3n) is 5.99. The highest BCUT2D eigenvalue weighted by molar-refractivity contribution is 6.11. The maximum absolute atomic E-state index is 13.2. The molecule has 7 nitrogen and oxygen atoms in total. The highest BCUT2D eigenvalue weighted by Crippen LogP contribution is 2.30. The van der Waals surface area contributed by atoms with Gasteiger partial charge >= 0.3 is 6.03 Å². The Morgan fingerprint density at radius 1 is 1.03 bits per heavy atom. The van der Waals surface area contributed by atoms with Crippen LogP contribution in [0.15, 0.2) is 60.7 Å². The number of aryl methyl sites for hydroxylation is 1. The molecule has 1 fully saturated rings. The highest BCUT2D eigenvalue weighted by Gasteiger charge is 2.49. The Bertz CT molecular complexity index is 1200. The number of benzene rings is 2. The Balaban J connectivity index is 1.59. The minimum atomic E-state index is -1.25. The van der Waals surface area contributed by atoms with Crippen molar-refractivity contribution in [3.05, 3.63) is 83.2 Å². The zero-order chi connectivity index (χ0) is 23.0. The minimum Gasteiger partial charge on any atom is -0.497 e. The van der Waals surface area contributed by atoms with E-state index in [0.717, 1.165) is 22.0 Å². The normalized spacial score (nSPS) is 18.1. The molecule has 0 spiro atoms. The smallest absolute Gasteiger partial charge is 0.325 e. The van der Waals surface area contributed by atoms with Gasteiger partial charge in [0.25, 0.3) is 5.91 Å². The van der Waals surface area contributed by atoms with Crippen molar-refractivity contribution in [3.63, 3.8) is 0 Å². The first-order chi connectivity index (χ1) is 15.3. The van der Waals surface area contributed by atoms with Gasteiger partial charge in [-0.1, -0.05) is 30.3 Å². The molecular weight excluding hydrogens is 406 g/mol. The molecule has 7 heteroatoms. The number of urea groups is 1. The lowest BCUT2D eigenvalue weighted by molar-refractivity contribution is -0.130. The van der Waals surface area contributed by atoms with Gasteiger partial charge in [0.05, 0.1) is 13.7 Å². The number of carbonyl (C=O) groups is 3. The molecule has 0 radical (unpaired) electrons. The molecule has 1 saturated heterocycles. The Labute approximate surface area is 186 Å². The molecule has 1 atom stereocenters. The van der Waals surface area contributed by atoms with Crippen molar-refractivity contribution < 1.29 is 19.1 Å². The van der Waals surface area contributed by atoms with Gasteiger partial charge in [0, 0.05) is 22.6 Å². The van der Waals surface area contributed by atoms with E-state index >= 15 is 0 Å². The molecule has 1 unspecified atom stereocenters. The summed E-state index contributed by atoms with van der Waals surface area (Å²) in [7, 11) is 1.56.